The van der Waals surface area contributed by atoms with Gasteiger partial charge in [0.1, 0.15) is 17.7 Å². The SMILES string of the molecule is Cc1nc2ncncc2n1-c1cncc(Nc2ccc(C(F)(F)F)cc2)n1. The number of anilines is 2. The van der Waals surface area contributed by atoms with Gasteiger partial charge in [-0.05, 0) is 31.2 Å². The maximum absolute atomic E-state index is 12.7. The topological polar surface area (TPSA) is 81.4 Å². The summed E-state index contributed by atoms with van der Waals surface area (Å²) in [5, 5.41) is 2.95. The van der Waals surface area contributed by atoms with Crippen molar-refractivity contribution in [1.82, 2.24) is 29.5 Å². The highest BCUT2D eigenvalue weighted by Gasteiger charge is 2.29. The molecule has 4 rings (SSSR count). The monoisotopic (exact) mass is 371 g/mol. The summed E-state index contributed by atoms with van der Waals surface area (Å²) in [4.78, 5) is 21.1. The normalized spacial score (nSPS) is 11.7. The first-order valence-electron chi connectivity index (χ1n) is 7.83. The van der Waals surface area contributed by atoms with Gasteiger partial charge >= 0.3 is 6.18 Å². The molecule has 7 nitrogen and oxygen atoms in total. The molecular weight excluding hydrogens is 359 g/mol. The van der Waals surface area contributed by atoms with Crippen LogP contribution in [-0.2, 0) is 6.18 Å². The van der Waals surface area contributed by atoms with Crippen LogP contribution in [0, 0.1) is 6.92 Å². The zero-order valence-electron chi connectivity index (χ0n) is 13.9. The molecule has 0 saturated carbocycles. The summed E-state index contributed by atoms with van der Waals surface area (Å²) < 4.78 is 39.7. The average molecular weight is 371 g/mol. The van der Waals surface area contributed by atoms with E-state index in [9.17, 15) is 13.2 Å². The number of alkyl halides is 3. The molecule has 3 aromatic heterocycles. The molecule has 0 saturated heterocycles. The van der Waals surface area contributed by atoms with Gasteiger partial charge in [-0.15, -0.1) is 0 Å². The van der Waals surface area contributed by atoms with Crippen LogP contribution in [0.1, 0.15) is 11.4 Å². The second-order valence-corrected chi connectivity index (χ2v) is 5.69. The first-order chi connectivity index (χ1) is 12.9. The van der Waals surface area contributed by atoms with E-state index in [0.717, 1.165) is 12.1 Å². The van der Waals surface area contributed by atoms with Crippen molar-refractivity contribution >= 4 is 22.7 Å². The summed E-state index contributed by atoms with van der Waals surface area (Å²) in [5.41, 5.74) is 0.958. The molecule has 0 aliphatic rings. The molecule has 3 heterocycles. The van der Waals surface area contributed by atoms with E-state index in [4.69, 9.17) is 0 Å². The van der Waals surface area contributed by atoms with E-state index in [0.29, 0.717) is 34.3 Å². The van der Waals surface area contributed by atoms with E-state index >= 15 is 0 Å². The van der Waals surface area contributed by atoms with Gasteiger partial charge in [-0.3, -0.25) is 9.55 Å². The van der Waals surface area contributed by atoms with Gasteiger partial charge in [0.05, 0.1) is 24.2 Å². The molecule has 136 valence electrons. The predicted molar refractivity (Wildman–Crippen MR) is 91.7 cm³/mol. The molecule has 0 fully saturated rings. The molecule has 27 heavy (non-hydrogen) atoms. The van der Waals surface area contributed by atoms with Crippen LogP contribution in [0.15, 0.2) is 49.2 Å². The molecule has 1 aromatic carbocycles. The van der Waals surface area contributed by atoms with Crippen molar-refractivity contribution in [3.63, 3.8) is 0 Å². The Hall–Kier alpha value is -3.56. The van der Waals surface area contributed by atoms with Gasteiger partial charge in [0.25, 0.3) is 0 Å². The van der Waals surface area contributed by atoms with E-state index < -0.39 is 11.7 Å². The van der Waals surface area contributed by atoms with E-state index in [2.05, 4.69) is 30.2 Å². The Morgan fingerprint density at radius 3 is 2.48 bits per heavy atom. The smallest absolute Gasteiger partial charge is 0.339 e. The minimum atomic E-state index is -4.37. The summed E-state index contributed by atoms with van der Waals surface area (Å²) in [6.07, 6.45) is 1.69. The van der Waals surface area contributed by atoms with E-state index in [1.807, 2.05) is 0 Å². The molecular formula is C17H12F3N7. The van der Waals surface area contributed by atoms with E-state index in [1.165, 1.54) is 24.7 Å². The van der Waals surface area contributed by atoms with E-state index in [-0.39, 0.29) is 0 Å². The average Bonchev–Trinajstić information content (AvgIpc) is 2.97. The Kier molecular flexibility index (Phi) is 3.94. The van der Waals surface area contributed by atoms with Gasteiger partial charge < -0.3 is 5.32 Å². The van der Waals surface area contributed by atoms with Gasteiger partial charge in [-0.2, -0.15) is 13.2 Å². The highest BCUT2D eigenvalue weighted by atomic mass is 19.4. The number of aromatic nitrogens is 6. The summed E-state index contributed by atoms with van der Waals surface area (Å²) >= 11 is 0. The molecule has 0 aliphatic heterocycles. The molecule has 0 spiro atoms. The Labute approximate surface area is 151 Å². The van der Waals surface area contributed by atoms with Crippen molar-refractivity contribution in [2.75, 3.05) is 5.32 Å². The largest absolute Gasteiger partial charge is 0.416 e. The second kappa shape index (κ2) is 6.31. The van der Waals surface area contributed by atoms with Gasteiger partial charge in [0.15, 0.2) is 17.3 Å². The first kappa shape index (κ1) is 16.9. The quantitative estimate of drug-likeness (QED) is 0.592. The maximum Gasteiger partial charge on any atom is 0.416 e. The van der Waals surface area contributed by atoms with Crippen LogP contribution in [0.2, 0.25) is 0 Å². The van der Waals surface area contributed by atoms with Crippen LogP contribution in [0.25, 0.3) is 17.0 Å². The molecule has 0 aliphatic carbocycles. The first-order valence-corrected chi connectivity index (χ1v) is 7.83. The predicted octanol–water partition coefficient (Wildman–Crippen LogP) is 3.68. The number of benzene rings is 1. The lowest BCUT2D eigenvalue weighted by molar-refractivity contribution is -0.137. The van der Waals surface area contributed by atoms with Crippen LogP contribution in [0.3, 0.4) is 0 Å². The van der Waals surface area contributed by atoms with Crippen molar-refractivity contribution in [2.45, 2.75) is 13.1 Å². The van der Waals surface area contributed by atoms with Crippen LogP contribution in [0.5, 0.6) is 0 Å². The summed E-state index contributed by atoms with van der Waals surface area (Å²) in [6, 6.07) is 4.68. The lowest BCUT2D eigenvalue weighted by Crippen LogP contribution is -2.05. The fourth-order valence-electron chi connectivity index (χ4n) is 2.64. The Morgan fingerprint density at radius 1 is 0.963 bits per heavy atom. The van der Waals surface area contributed by atoms with E-state index in [1.54, 1.807) is 23.9 Å². The summed E-state index contributed by atoms with van der Waals surface area (Å²) in [5.74, 6) is 1.53. The van der Waals surface area contributed by atoms with Crippen molar-refractivity contribution < 1.29 is 13.2 Å². The number of halogens is 3. The molecule has 1 N–H and O–H groups in total. The second-order valence-electron chi connectivity index (χ2n) is 5.69. The number of nitrogens with one attached hydrogen (secondary N) is 1. The van der Waals surface area contributed by atoms with Crippen molar-refractivity contribution in [1.29, 1.82) is 0 Å². The van der Waals surface area contributed by atoms with Crippen LogP contribution in [0.4, 0.5) is 24.7 Å². The third-order valence-corrected chi connectivity index (χ3v) is 3.84. The Morgan fingerprint density at radius 2 is 1.74 bits per heavy atom. The molecule has 4 aromatic rings. The Balaban J connectivity index is 1.66. The minimum Gasteiger partial charge on any atom is -0.339 e. The fourth-order valence-corrected chi connectivity index (χ4v) is 2.64. The third-order valence-electron chi connectivity index (χ3n) is 3.84. The lowest BCUT2D eigenvalue weighted by Gasteiger charge is -2.10. The molecule has 0 unspecified atom stereocenters. The van der Waals surface area contributed by atoms with Crippen molar-refractivity contribution in [2.24, 2.45) is 0 Å². The van der Waals surface area contributed by atoms with Gasteiger partial charge in [0, 0.05) is 5.69 Å². The zero-order valence-corrected chi connectivity index (χ0v) is 13.9. The van der Waals surface area contributed by atoms with Crippen LogP contribution < -0.4 is 5.32 Å². The highest BCUT2D eigenvalue weighted by Crippen LogP contribution is 2.30. The molecule has 0 bridgehead atoms. The summed E-state index contributed by atoms with van der Waals surface area (Å²) in [7, 11) is 0. The van der Waals surface area contributed by atoms with Crippen LogP contribution in [-0.4, -0.2) is 29.5 Å². The van der Waals surface area contributed by atoms with Crippen LogP contribution >= 0.6 is 0 Å². The molecule has 0 atom stereocenters. The number of imidazole rings is 1. The van der Waals surface area contributed by atoms with Crippen molar-refractivity contribution in [3.05, 3.63) is 60.6 Å². The number of aryl methyl sites for hydroxylation is 1. The number of rotatable bonds is 3. The minimum absolute atomic E-state index is 0.380. The fraction of sp³-hybridized carbons (Fsp3) is 0.118. The highest BCUT2D eigenvalue weighted by molar-refractivity contribution is 5.72. The van der Waals surface area contributed by atoms with Gasteiger partial charge in [0.2, 0.25) is 0 Å². The van der Waals surface area contributed by atoms with Gasteiger partial charge in [-0.25, -0.2) is 19.9 Å². The number of nitrogens with zero attached hydrogens (tertiary/aromatic N) is 6. The summed E-state index contributed by atoms with van der Waals surface area (Å²) in [6.45, 7) is 1.80. The number of fused-ring (bicyclic) bond motifs is 1. The van der Waals surface area contributed by atoms with Crippen molar-refractivity contribution in [3.8, 4) is 5.82 Å². The number of hydrogen-bond acceptors (Lipinski definition) is 6. The maximum atomic E-state index is 12.7. The number of hydrogen-bond donors (Lipinski definition) is 1. The lowest BCUT2D eigenvalue weighted by atomic mass is 10.2. The molecule has 10 heteroatoms. The Bertz CT molecular complexity index is 1100. The molecule has 0 radical (unpaired) electrons. The van der Waals surface area contributed by atoms with Gasteiger partial charge in [-0.1, -0.05) is 0 Å². The standard InChI is InChI=1S/C17H12F3N7/c1-10-24-16-13(6-22-9-23-16)27(10)15-8-21-7-14(26-15)25-12-4-2-11(3-5-12)17(18,19)20/h2-9H,1H3,(H,25,26). The molecule has 0 amide bonds. The third kappa shape index (κ3) is 3.28. The zero-order chi connectivity index (χ0) is 19.0.